The van der Waals surface area contributed by atoms with Crippen LogP contribution in [0.3, 0.4) is 0 Å². The Morgan fingerprint density at radius 1 is 1.24 bits per heavy atom. The third-order valence-corrected chi connectivity index (χ3v) is 4.09. The molecule has 1 amide bonds. The van der Waals surface area contributed by atoms with Crippen LogP contribution in [0, 0.1) is 0 Å². The molecule has 1 saturated carbocycles. The van der Waals surface area contributed by atoms with E-state index in [2.05, 4.69) is 5.32 Å². The van der Waals surface area contributed by atoms with E-state index in [0.717, 1.165) is 31.2 Å². The predicted octanol–water partition coefficient (Wildman–Crippen LogP) is 1.84. The zero-order chi connectivity index (χ0) is 15.2. The van der Waals surface area contributed by atoms with Crippen LogP contribution in [-0.2, 0) is 4.79 Å². The van der Waals surface area contributed by atoms with Crippen LogP contribution in [0.15, 0.2) is 18.2 Å². The minimum atomic E-state index is -0.463. The zero-order valence-electron chi connectivity index (χ0n) is 12.6. The lowest BCUT2D eigenvalue weighted by Crippen LogP contribution is -2.42. The monoisotopic (exact) mass is 293 g/mol. The minimum Gasteiger partial charge on any atom is -0.493 e. The lowest BCUT2D eigenvalue weighted by molar-refractivity contribution is -0.124. The molecule has 5 nitrogen and oxygen atoms in total. The van der Waals surface area contributed by atoms with Crippen LogP contribution >= 0.6 is 0 Å². The first kappa shape index (κ1) is 15.6. The Kier molecular flexibility index (Phi) is 5.44. The molecule has 2 rings (SSSR count). The summed E-state index contributed by atoms with van der Waals surface area (Å²) in [6, 6.07) is 5.97. The molecule has 0 saturated heterocycles. The summed E-state index contributed by atoms with van der Waals surface area (Å²) in [5, 5.41) is 11.8. The van der Waals surface area contributed by atoms with Crippen molar-refractivity contribution in [1.82, 2.24) is 5.32 Å². The molecule has 0 aromatic heterocycles. The molecule has 0 heterocycles. The lowest BCUT2D eigenvalue weighted by Gasteiger charge is -2.32. The van der Waals surface area contributed by atoms with E-state index in [9.17, 15) is 4.79 Å². The highest BCUT2D eigenvalue weighted by Crippen LogP contribution is 2.37. The zero-order valence-corrected chi connectivity index (χ0v) is 12.6. The highest BCUT2D eigenvalue weighted by Gasteiger charge is 2.28. The quantitative estimate of drug-likeness (QED) is 0.869. The number of hydrogen-bond acceptors (Lipinski definition) is 4. The van der Waals surface area contributed by atoms with Gasteiger partial charge in [0.05, 0.1) is 14.2 Å². The fraction of sp³-hybridized carbons (Fsp3) is 0.562. The molecule has 2 N–H and O–H groups in total. The van der Waals surface area contributed by atoms with Gasteiger partial charge in [-0.15, -0.1) is 0 Å². The van der Waals surface area contributed by atoms with E-state index in [0.29, 0.717) is 11.5 Å². The van der Waals surface area contributed by atoms with Crippen molar-refractivity contribution in [2.45, 2.75) is 37.6 Å². The molecule has 1 fully saturated rings. The predicted molar refractivity (Wildman–Crippen MR) is 79.8 cm³/mol. The number of aliphatic hydroxyl groups is 1. The Balaban J connectivity index is 2.22. The second-order valence-electron chi connectivity index (χ2n) is 5.34. The Hall–Kier alpha value is -1.75. The number of carbonyl (C=O) groups is 1. The van der Waals surface area contributed by atoms with Crippen molar-refractivity contribution in [3.05, 3.63) is 23.8 Å². The SMILES string of the molecule is COc1ccc(C2CCCCC2NC(=O)CO)cc1OC. The fourth-order valence-corrected chi connectivity index (χ4v) is 3.04. The van der Waals surface area contributed by atoms with Crippen LogP contribution in [0.1, 0.15) is 37.2 Å². The van der Waals surface area contributed by atoms with Gasteiger partial charge >= 0.3 is 0 Å². The fourth-order valence-electron chi connectivity index (χ4n) is 3.04. The Morgan fingerprint density at radius 3 is 2.62 bits per heavy atom. The third kappa shape index (κ3) is 3.67. The first-order valence-corrected chi connectivity index (χ1v) is 7.31. The molecule has 0 spiro atoms. The van der Waals surface area contributed by atoms with Gasteiger partial charge in [-0.25, -0.2) is 0 Å². The lowest BCUT2D eigenvalue weighted by atomic mass is 9.80. The van der Waals surface area contributed by atoms with E-state index in [1.165, 1.54) is 0 Å². The average Bonchev–Trinajstić information content (AvgIpc) is 2.54. The second kappa shape index (κ2) is 7.31. The van der Waals surface area contributed by atoms with Crippen LogP contribution in [0.5, 0.6) is 11.5 Å². The van der Waals surface area contributed by atoms with Gasteiger partial charge in [0, 0.05) is 12.0 Å². The highest BCUT2D eigenvalue weighted by molar-refractivity contribution is 5.77. The molecule has 1 aromatic rings. The third-order valence-electron chi connectivity index (χ3n) is 4.09. The second-order valence-corrected chi connectivity index (χ2v) is 5.34. The molecule has 2 unspecified atom stereocenters. The van der Waals surface area contributed by atoms with Gasteiger partial charge in [-0.3, -0.25) is 4.79 Å². The number of hydrogen-bond donors (Lipinski definition) is 2. The molecule has 21 heavy (non-hydrogen) atoms. The van der Waals surface area contributed by atoms with Crippen molar-refractivity contribution < 1.29 is 19.4 Å². The standard InChI is InChI=1S/C16H23NO4/c1-20-14-8-7-11(9-15(14)21-2)12-5-3-4-6-13(12)17-16(19)10-18/h7-9,12-13,18H,3-6,10H2,1-2H3,(H,17,19). The van der Waals surface area contributed by atoms with E-state index >= 15 is 0 Å². The summed E-state index contributed by atoms with van der Waals surface area (Å²) in [5.74, 6) is 1.34. The van der Waals surface area contributed by atoms with Gasteiger partial charge in [0.15, 0.2) is 11.5 Å². The number of aliphatic hydroxyl groups excluding tert-OH is 1. The van der Waals surface area contributed by atoms with Gasteiger partial charge in [-0.2, -0.15) is 0 Å². The van der Waals surface area contributed by atoms with E-state index in [1.54, 1.807) is 14.2 Å². The molecule has 116 valence electrons. The number of methoxy groups -OCH3 is 2. The van der Waals surface area contributed by atoms with Crippen molar-refractivity contribution in [3.63, 3.8) is 0 Å². The number of benzene rings is 1. The van der Waals surface area contributed by atoms with Gasteiger partial charge in [0.25, 0.3) is 0 Å². The summed E-state index contributed by atoms with van der Waals surface area (Å²) in [4.78, 5) is 11.5. The Bertz CT molecular complexity index is 489. The van der Waals surface area contributed by atoms with E-state index in [4.69, 9.17) is 14.6 Å². The Morgan fingerprint density at radius 2 is 1.95 bits per heavy atom. The number of nitrogens with one attached hydrogen (secondary N) is 1. The van der Waals surface area contributed by atoms with Crippen molar-refractivity contribution in [2.24, 2.45) is 0 Å². The van der Waals surface area contributed by atoms with Gasteiger partial charge in [0.2, 0.25) is 5.91 Å². The number of rotatable bonds is 5. The highest BCUT2D eigenvalue weighted by atomic mass is 16.5. The van der Waals surface area contributed by atoms with E-state index in [1.807, 2.05) is 18.2 Å². The topological polar surface area (TPSA) is 67.8 Å². The van der Waals surface area contributed by atoms with E-state index < -0.39 is 6.61 Å². The van der Waals surface area contributed by atoms with Crippen LogP contribution < -0.4 is 14.8 Å². The first-order valence-electron chi connectivity index (χ1n) is 7.31. The van der Waals surface area contributed by atoms with Gasteiger partial charge in [-0.05, 0) is 30.5 Å². The molecule has 5 heteroatoms. The van der Waals surface area contributed by atoms with Gasteiger partial charge < -0.3 is 19.9 Å². The smallest absolute Gasteiger partial charge is 0.245 e. The number of amides is 1. The molecule has 0 bridgehead atoms. The number of ether oxygens (including phenoxy) is 2. The summed E-state index contributed by atoms with van der Waals surface area (Å²) >= 11 is 0. The first-order chi connectivity index (χ1) is 10.2. The molecule has 0 aliphatic heterocycles. The summed E-state index contributed by atoms with van der Waals surface area (Å²) in [5.41, 5.74) is 1.13. The van der Waals surface area contributed by atoms with E-state index in [-0.39, 0.29) is 17.9 Å². The molecule has 0 radical (unpaired) electrons. The van der Waals surface area contributed by atoms with Crippen LogP contribution in [0.2, 0.25) is 0 Å². The molecular weight excluding hydrogens is 270 g/mol. The maximum absolute atomic E-state index is 11.5. The van der Waals surface area contributed by atoms with Gasteiger partial charge in [0.1, 0.15) is 6.61 Å². The summed E-state index contributed by atoms with van der Waals surface area (Å²) in [7, 11) is 3.23. The van der Waals surface area contributed by atoms with Gasteiger partial charge in [-0.1, -0.05) is 18.9 Å². The largest absolute Gasteiger partial charge is 0.493 e. The van der Waals surface area contributed by atoms with Crippen LogP contribution in [0.4, 0.5) is 0 Å². The molecule has 1 aliphatic rings. The normalized spacial score (nSPS) is 21.7. The Labute approximate surface area is 125 Å². The molecule has 2 atom stereocenters. The summed E-state index contributed by atoms with van der Waals surface area (Å²) in [6.45, 7) is -0.463. The average molecular weight is 293 g/mol. The molecule has 1 aromatic carbocycles. The summed E-state index contributed by atoms with van der Waals surface area (Å²) < 4.78 is 10.6. The van der Waals surface area contributed by atoms with Crippen molar-refractivity contribution in [1.29, 1.82) is 0 Å². The molecule has 1 aliphatic carbocycles. The van der Waals surface area contributed by atoms with Crippen LogP contribution in [-0.4, -0.2) is 37.9 Å². The minimum absolute atomic E-state index is 0.0662. The maximum atomic E-state index is 11.5. The van der Waals surface area contributed by atoms with Crippen molar-refractivity contribution in [2.75, 3.05) is 20.8 Å². The summed E-state index contributed by atoms with van der Waals surface area (Å²) in [6.07, 6.45) is 4.20. The van der Waals surface area contributed by atoms with Crippen molar-refractivity contribution in [3.8, 4) is 11.5 Å². The molecular formula is C16H23NO4. The van der Waals surface area contributed by atoms with Crippen LogP contribution in [0.25, 0.3) is 0 Å². The maximum Gasteiger partial charge on any atom is 0.245 e. The van der Waals surface area contributed by atoms with Crippen molar-refractivity contribution >= 4 is 5.91 Å². The number of carbonyl (C=O) groups excluding carboxylic acids is 1.